The summed E-state index contributed by atoms with van der Waals surface area (Å²) in [5, 5.41) is 0. The van der Waals surface area contributed by atoms with Crippen LogP contribution in [0.5, 0.6) is 0 Å². The summed E-state index contributed by atoms with van der Waals surface area (Å²) in [6.07, 6.45) is 12.3. The topological polar surface area (TPSA) is 20.3 Å². The lowest BCUT2D eigenvalue weighted by molar-refractivity contribution is -0.125. The molecule has 0 fully saturated rings. The molecule has 0 radical (unpaired) electrons. The van der Waals surface area contributed by atoms with Crippen LogP contribution >= 0.6 is 0 Å². The second kappa shape index (κ2) is 11.5. The van der Waals surface area contributed by atoms with E-state index in [1.165, 1.54) is 11.1 Å². The first-order valence-electron chi connectivity index (χ1n) is 7.71. The highest BCUT2D eigenvalue weighted by Gasteiger charge is 2.07. The molecule has 0 saturated heterocycles. The van der Waals surface area contributed by atoms with Crippen molar-refractivity contribution in [3.63, 3.8) is 0 Å². The van der Waals surface area contributed by atoms with Gasteiger partial charge in [0.05, 0.1) is 0 Å². The van der Waals surface area contributed by atoms with Crippen LogP contribution in [0.15, 0.2) is 35.5 Å². The molecule has 0 bridgehead atoms. The average molecular weight is 277 g/mol. The van der Waals surface area contributed by atoms with Gasteiger partial charge in [-0.3, -0.25) is 4.79 Å². The molecule has 0 aliphatic rings. The second-order valence-corrected chi connectivity index (χ2v) is 5.51. The van der Waals surface area contributed by atoms with Gasteiger partial charge in [0.15, 0.2) is 0 Å². The zero-order valence-electron chi connectivity index (χ0n) is 13.9. The molecule has 0 rings (SSSR count). The molecule has 0 spiro atoms. The first-order chi connectivity index (χ1) is 9.51. The number of amides is 1. The lowest BCUT2D eigenvalue weighted by Crippen LogP contribution is -2.30. The summed E-state index contributed by atoms with van der Waals surface area (Å²) in [6, 6.07) is 0. The molecule has 0 aliphatic carbocycles. The molecule has 0 atom stereocenters. The van der Waals surface area contributed by atoms with Crippen molar-refractivity contribution in [2.75, 3.05) is 13.1 Å². The molecule has 0 aromatic carbocycles. The van der Waals surface area contributed by atoms with Crippen LogP contribution < -0.4 is 0 Å². The van der Waals surface area contributed by atoms with Crippen LogP contribution in [0.4, 0.5) is 0 Å². The zero-order valence-corrected chi connectivity index (χ0v) is 13.9. The van der Waals surface area contributed by atoms with Crippen LogP contribution in [-0.4, -0.2) is 23.9 Å². The Bertz CT molecular complexity index is 360. The first kappa shape index (κ1) is 18.7. The molecular formula is C18H31NO. The van der Waals surface area contributed by atoms with Crippen molar-refractivity contribution in [1.82, 2.24) is 4.90 Å². The molecule has 0 aromatic heterocycles. The zero-order chi connectivity index (χ0) is 15.4. The maximum atomic E-state index is 12.0. The van der Waals surface area contributed by atoms with E-state index in [9.17, 15) is 4.79 Å². The van der Waals surface area contributed by atoms with E-state index in [4.69, 9.17) is 0 Å². The van der Waals surface area contributed by atoms with E-state index in [1.807, 2.05) is 17.9 Å². The van der Waals surface area contributed by atoms with Crippen molar-refractivity contribution in [2.24, 2.45) is 0 Å². The van der Waals surface area contributed by atoms with Gasteiger partial charge in [0.1, 0.15) is 0 Å². The Kier molecular flexibility index (Phi) is 10.8. The number of carbonyl (C=O) groups is 1. The minimum absolute atomic E-state index is 0.120. The highest BCUT2D eigenvalue weighted by molar-refractivity contribution is 5.87. The van der Waals surface area contributed by atoms with Gasteiger partial charge in [0.25, 0.3) is 0 Å². The maximum absolute atomic E-state index is 12.0. The van der Waals surface area contributed by atoms with Crippen LogP contribution in [0.3, 0.4) is 0 Å². The molecule has 0 unspecified atom stereocenters. The molecule has 0 N–H and O–H groups in total. The second-order valence-electron chi connectivity index (χ2n) is 5.51. The van der Waals surface area contributed by atoms with E-state index >= 15 is 0 Å². The Balaban J connectivity index is 4.41. The van der Waals surface area contributed by atoms with Crippen molar-refractivity contribution >= 4 is 5.91 Å². The van der Waals surface area contributed by atoms with Gasteiger partial charge in [-0.1, -0.05) is 42.7 Å². The number of allylic oxidation sites excluding steroid dienone is 4. The third-order valence-electron chi connectivity index (χ3n) is 3.15. The maximum Gasteiger partial charge on any atom is 0.246 e. The van der Waals surface area contributed by atoms with Crippen molar-refractivity contribution in [2.45, 2.75) is 60.3 Å². The van der Waals surface area contributed by atoms with Crippen LogP contribution in [0.1, 0.15) is 60.3 Å². The minimum atomic E-state index is 0.120. The number of hydrogen-bond donors (Lipinski definition) is 0. The van der Waals surface area contributed by atoms with Gasteiger partial charge < -0.3 is 4.90 Å². The quantitative estimate of drug-likeness (QED) is 0.434. The predicted octanol–water partition coefficient (Wildman–Crippen LogP) is 4.88. The Morgan fingerprint density at radius 2 is 1.85 bits per heavy atom. The van der Waals surface area contributed by atoms with Crippen LogP contribution in [0.25, 0.3) is 0 Å². The molecular weight excluding hydrogens is 246 g/mol. The molecule has 0 aromatic rings. The summed E-state index contributed by atoms with van der Waals surface area (Å²) in [5.41, 5.74) is 2.72. The predicted molar refractivity (Wildman–Crippen MR) is 88.7 cm³/mol. The third kappa shape index (κ3) is 9.60. The van der Waals surface area contributed by atoms with Crippen LogP contribution in [0, 0.1) is 0 Å². The third-order valence-corrected chi connectivity index (χ3v) is 3.15. The lowest BCUT2D eigenvalue weighted by Gasteiger charge is -2.19. The van der Waals surface area contributed by atoms with E-state index in [0.717, 1.165) is 38.8 Å². The van der Waals surface area contributed by atoms with Crippen LogP contribution in [-0.2, 0) is 4.79 Å². The molecule has 20 heavy (non-hydrogen) atoms. The molecule has 114 valence electrons. The number of nitrogens with zero attached hydrogens (tertiary/aromatic N) is 1. The summed E-state index contributed by atoms with van der Waals surface area (Å²) >= 11 is 0. The van der Waals surface area contributed by atoms with E-state index in [-0.39, 0.29) is 5.91 Å². The van der Waals surface area contributed by atoms with Gasteiger partial charge in [-0.2, -0.15) is 0 Å². The monoisotopic (exact) mass is 277 g/mol. The molecule has 2 heteroatoms. The van der Waals surface area contributed by atoms with Crippen molar-refractivity contribution < 1.29 is 4.79 Å². The molecule has 2 nitrogen and oxygen atoms in total. The summed E-state index contributed by atoms with van der Waals surface area (Å²) < 4.78 is 0. The normalized spacial score (nSPS) is 11.8. The van der Waals surface area contributed by atoms with Crippen molar-refractivity contribution in [3.05, 3.63) is 35.5 Å². The Hall–Kier alpha value is -1.31. The SMILES string of the molecule is C/C=C/C(=O)N(C/C=C(/C)CCC=C(C)C)CCCC. The molecule has 0 saturated carbocycles. The lowest BCUT2D eigenvalue weighted by atomic mass is 10.1. The average Bonchev–Trinajstić information content (AvgIpc) is 2.38. The van der Waals surface area contributed by atoms with Gasteiger partial charge >= 0.3 is 0 Å². The fraction of sp³-hybridized carbons (Fsp3) is 0.611. The smallest absolute Gasteiger partial charge is 0.246 e. The minimum Gasteiger partial charge on any atom is -0.335 e. The summed E-state index contributed by atoms with van der Waals surface area (Å²) in [6.45, 7) is 12.0. The first-order valence-corrected chi connectivity index (χ1v) is 7.71. The molecule has 1 amide bonds. The highest BCUT2D eigenvalue weighted by Crippen LogP contribution is 2.07. The molecule has 0 heterocycles. The van der Waals surface area contributed by atoms with Crippen molar-refractivity contribution in [3.8, 4) is 0 Å². The largest absolute Gasteiger partial charge is 0.335 e. The highest BCUT2D eigenvalue weighted by atomic mass is 16.2. The van der Waals surface area contributed by atoms with Crippen LogP contribution in [0.2, 0.25) is 0 Å². The van der Waals surface area contributed by atoms with Gasteiger partial charge in [-0.15, -0.1) is 0 Å². The Morgan fingerprint density at radius 1 is 1.15 bits per heavy atom. The van der Waals surface area contributed by atoms with Gasteiger partial charge in [-0.05, 0) is 53.0 Å². The van der Waals surface area contributed by atoms with E-state index < -0.39 is 0 Å². The number of carbonyl (C=O) groups excluding carboxylic acids is 1. The number of hydrogen-bond acceptors (Lipinski definition) is 1. The van der Waals surface area contributed by atoms with E-state index in [1.54, 1.807) is 6.08 Å². The van der Waals surface area contributed by atoms with Gasteiger partial charge in [0.2, 0.25) is 5.91 Å². The standard InChI is InChI=1S/C18H31NO/c1-6-8-14-19(18(20)10-7-2)15-13-17(5)12-9-11-16(3)4/h7,10-11,13H,6,8-9,12,14-15H2,1-5H3/b10-7+,17-13-. The van der Waals surface area contributed by atoms with Crippen molar-refractivity contribution in [1.29, 1.82) is 0 Å². The summed E-state index contributed by atoms with van der Waals surface area (Å²) in [7, 11) is 0. The fourth-order valence-electron chi connectivity index (χ4n) is 1.85. The summed E-state index contributed by atoms with van der Waals surface area (Å²) in [5.74, 6) is 0.120. The Labute approximate surface area is 125 Å². The van der Waals surface area contributed by atoms with E-state index in [2.05, 4.69) is 39.8 Å². The number of rotatable bonds is 9. The van der Waals surface area contributed by atoms with Gasteiger partial charge in [-0.25, -0.2) is 0 Å². The fourth-order valence-corrected chi connectivity index (χ4v) is 1.85. The molecule has 0 aliphatic heterocycles. The number of unbranched alkanes of at least 4 members (excludes halogenated alkanes) is 1. The Morgan fingerprint density at radius 3 is 2.40 bits per heavy atom. The summed E-state index contributed by atoms with van der Waals surface area (Å²) in [4.78, 5) is 13.9. The van der Waals surface area contributed by atoms with E-state index in [0.29, 0.717) is 0 Å². The van der Waals surface area contributed by atoms with Gasteiger partial charge in [0, 0.05) is 13.1 Å².